The van der Waals surface area contributed by atoms with Gasteiger partial charge in [-0.25, -0.2) is 0 Å². The highest BCUT2D eigenvalue weighted by Gasteiger charge is 2.35. The molecule has 0 bridgehead atoms. The topological polar surface area (TPSA) is 78.9 Å². The number of carboxylic acids is 1. The summed E-state index contributed by atoms with van der Waals surface area (Å²) in [5.74, 6) is -1.11. The minimum atomic E-state index is -0.885. The SMILES string of the molecule is CCN(CCC(=O)O)C(=O)C1COCC1NC. The Morgan fingerprint density at radius 3 is 2.71 bits per heavy atom. The molecule has 0 aromatic heterocycles. The highest BCUT2D eigenvalue weighted by atomic mass is 16.5. The molecule has 1 rings (SSSR count). The van der Waals surface area contributed by atoms with E-state index in [1.165, 1.54) is 0 Å². The first-order chi connectivity index (χ1) is 8.10. The van der Waals surface area contributed by atoms with Gasteiger partial charge in [-0.3, -0.25) is 9.59 Å². The highest BCUT2D eigenvalue weighted by Crippen LogP contribution is 2.16. The molecule has 1 saturated heterocycles. The lowest BCUT2D eigenvalue weighted by atomic mass is 10.0. The first-order valence-electron chi connectivity index (χ1n) is 5.85. The number of carboxylic acid groups (broad SMARTS) is 1. The number of amides is 1. The van der Waals surface area contributed by atoms with Crippen LogP contribution in [0.25, 0.3) is 0 Å². The molecule has 1 amide bonds. The van der Waals surface area contributed by atoms with E-state index in [0.29, 0.717) is 19.8 Å². The van der Waals surface area contributed by atoms with E-state index in [-0.39, 0.29) is 30.8 Å². The third kappa shape index (κ3) is 3.67. The van der Waals surface area contributed by atoms with Gasteiger partial charge in [0.25, 0.3) is 0 Å². The van der Waals surface area contributed by atoms with Crippen molar-refractivity contribution in [2.75, 3.05) is 33.4 Å². The van der Waals surface area contributed by atoms with Gasteiger partial charge < -0.3 is 20.1 Å². The zero-order valence-electron chi connectivity index (χ0n) is 10.3. The minimum Gasteiger partial charge on any atom is -0.481 e. The van der Waals surface area contributed by atoms with Crippen LogP contribution in [0.5, 0.6) is 0 Å². The Balaban J connectivity index is 2.55. The lowest BCUT2D eigenvalue weighted by molar-refractivity contribution is -0.139. The van der Waals surface area contributed by atoms with Crippen LogP contribution in [0.1, 0.15) is 13.3 Å². The van der Waals surface area contributed by atoms with Gasteiger partial charge in [-0.15, -0.1) is 0 Å². The summed E-state index contributed by atoms with van der Waals surface area (Å²) >= 11 is 0. The quantitative estimate of drug-likeness (QED) is 0.661. The fraction of sp³-hybridized carbons (Fsp3) is 0.818. The fourth-order valence-electron chi connectivity index (χ4n) is 1.97. The summed E-state index contributed by atoms with van der Waals surface area (Å²) in [6.45, 7) is 3.58. The second-order valence-corrected chi connectivity index (χ2v) is 4.10. The van der Waals surface area contributed by atoms with Gasteiger partial charge in [-0.2, -0.15) is 0 Å². The number of hydrogen-bond donors (Lipinski definition) is 2. The zero-order valence-corrected chi connectivity index (χ0v) is 10.3. The summed E-state index contributed by atoms with van der Waals surface area (Å²) in [4.78, 5) is 24.3. The Labute approximate surface area is 101 Å². The van der Waals surface area contributed by atoms with Crippen LogP contribution in [-0.2, 0) is 14.3 Å². The zero-order chi connectivity index (χ0) is 12.8. The molecule has 1 aliphatic heterocycles. The van der Waals surface area contributed by atoms with E-state index in [9.17, 15) is 9.59 Å². The number of rotatable bonds is 6. The molecule has 6 nitrogen and oxygen atoms in total. The van der Waals surface area contributed by atoms with E-state index in [2.05, 4.69) is 5.32 Å². The van der Waals surface area contributed by atoms with Crippen LogP contribution in [0, 0.1) is 5.92 Å². The van der Waals surface area contributed by atoms with Crippen molar-refractivity contribution in [3.05, 3.63) is 0 Å². The van der Waals surface area contributed by atoms with Crippen LogP contribution in [-0.4, -0.2) is 61.3 Å². The lowest BCUT2D eigenvalue weighted by Gasteiger charge is -2.25. The van der Waals surface area contributed by atoms with Gasteiger partial charge in [0, 0.05) is 19.1 Å². The van der Waals surface area contributed by atoms with E-state index in [1.807, 2.05) is 6.92 Å². The Morgan fingerprint density at radius 2 is 2.18 bits per heavy atom. The van der Waals surface area contributed by atoms with Gasteiger partial charge in [-0.05, 0) is 14.0 Å². The van der Waals surface area contributed by atoms with E-state index >= 15 is 0 Å². The predicted octanol–water partition coefficient (Wildman–Crippen LogP) is -0.456. The van der Waals surface area contributed by atoms with Crippen LogP contribution in [0.4, 0.5) is 0 Å². The van der Waals surface area contributed by atoms with Crippen molar-refractivity contribution >= 4 is 11.9 Å². The predicted molar refractivity (Wildman–Crippen MR) is 61.7 cm³/mol. The van der Waals surface area contributed by atoms with Crippen molar-refractivity contribution in [2.45, 2.75) is 19.4 Å². The van der Waals surface area contributed by atoms with Gasteiger partial charge in [-0.1, -0.05) is 0 Å². The summed E-state index contributed by atoms with van der Waals surface area (Å²) in [6, 6.07) is 0.0291. The average Bonchev–Trinajstić information content (AvgIpc) is 2.77. The van der Waals surface area contributed by atoms with Crippen LogP contribution in [0.2, 0.25) is 0 Å². The van der Waals surface area contributed by atoms with Gasteiger partial charge >= 0.3 is 5.97 Å². The number of carbonyl (C=O) groups is 2. The molecule has 1 fully saturated rings. The molecule has 2 unspecified atom stereocenters. The number of ether oxygens (including phenoxy) is 1. The standard InChI is InChI=1S/C11H20N2O4/c1-3-13(5-4-10(14)15)11(16)8-6-17-7-9(8)12-2/h8-9,12H,3-7H2,1-2H3,(H,14,15). The van der Waals surface area contributed by atoms with Crippen molar-refractivity contribution in [3.8, 4) is 0 Å². The first-order valence-corrected chi connectivity index (χ1v) is 5.85. The smallest absolute Gasteiger partial charge is 0.305 e. The number of carbonyl (C=O) groups excluding carboxylic acids is 1. The van der Waals surface area contributed by atoms with E-state index < -0.39 is 5.97 Å². The summed E-state index contributed by atoms with van der Waals surface area (Å²) in [5.41, 5.74) is 0. The molecule has 6 heteroatoms. The van der Waals surface area contributed by atoms with Gasteiger partial charge in [0.1, 0.15) is 0 Å². The van der Waals surface area contributed by atoms with E-state index in [0.717, 1.165) is 0 Å². The van der Waals surface area contributed by atoms with Crippen molar-refractivity contribution in [1.82, 2.24) is 10.2 Å². The molecule has 0 spiro atoms. The third-order valence-corrected chi connectivity index (χ3v) is 3.06. The maximum absolute atomic E-state index is 12.2. The minimum absolute atomic E-state index is 0.0165. The number of likely N-dealkylation sites (N-methyl/N-ethyl adjacent to an activating group) is 1. The molecule has 2 atom stereocenters. The van der Waals surface area contributed by atoms with Crippen molar-refractivity contribution < 1.29 is 19.4 Å². The Morgan fingerprint density at radius 1 is 1.47 bits per heavy atom. The molecular weight excluding hydrogens is 224 g/mol. The molecular formula is C11H20N2O4. The fourth-order valence-corrected chi connectivity index (χ4v) is 1.97. The number of aliphatic carboxylic acids is 1. The molecule has 2 N–H and O–H groups in total. The third-order valence-electron chi connectivity index (χ3n) is 3.06. The molecule has 98 valence electrons. The van der Waals surface area contributed by atoms with Crippen molar-refractivity contribution in [3.63, 3.8) is 0 Å². The van der Waals surface area contributed by atoms with Crippen molar-refractivity contribution in [2.24, 2.45) is 5.92 Å². The molecule has 1 heterocycles. The number of nitrogens with zero attached hydrogens (tertiary/aromatic N) is 1. The number of nitrogens with one attached hydrogen (secondary N) is 1. The van der Waals surface area contributed by atoms with E-state index in [4.69, 9.17) is 9.84 Å². The van der Waals surface area contributed by atoms with Crippen LogP contribution >= 0.6 is 0 Å². The van der Waals surface area contributed by atoms with Gasteiger partial charge in [0.2, 0.25) is 5.91 Å². The monoisotopic (exact) mass is 244 g/mol. The summed E-state index contributed by atoms with van der Waals surface area (Å²) < 4.78 is 5.28. The Hall–Kier alpha value is -1.14. The second-order valence-electron chi connectivity index (χ2n) is 4.10. The van der Waals surface area contributed by atoms with Gasteiger partial charge in [0.05, 0.1) is 25.6 Å². The maximum atomic E-state index is 12.2. The largest absolute Gasteiger partial charge is 0.481 e. The Kier molecular flexibility index (Phi) is 5.37. The van der Waals surface area contributed by atoms with Gasteiger partial charge in [0.15, 0.2) is 0 Å². The average molecular weight is 244 g/mol. The molecule has 0 aromatic carbocycles. The lowest BCUT2D eigenvalue weighted by Crippen LogP contribution is -2.45. The molecule has 0 aliphatic carbocycles. The van der Waals surface area contributed by atoms with Crippen LogP contribution in [0.15, 0.2) is 0 Å². The highest BCUT2D eigenvalue weighted by molar-refractivity contribution is 5.80. The molecule has 0 saturated carbocycles. The second kappa shape index (κ2) is 6.56. The molecule has 0 radical (unpaired) electrons. The molecule has 0 aromatic rings. The first kappa shape index (κ1) is 13.9. The normalized spacial score (nSPS) is 23.6. The van der Waals surface area contributed by atoms with E-state index in [1.54, 1.807) is 11.9 Å². The molecule has 1 aliphatic rings. The molecule has 17 heavy (non-hydrogen) atoms. The van der Waals surface area contributed by atoms with Crippen LogP contribution in [0.3, 0.4) is 0 Å². The van der Waals surface area contributed by atoms with Crippen LogP contribution < -0.4 is 5.32 Å². The van der Waals surface area contributed by atoms with Crippen molar-refractivity contribution in [1.29, 1.82) is 0 Å². The summed E-state index contributed by atoms with van der Waals surface area (Å²) in [7, 11) is 1.80. The maximum Gasteiger partial charge on any atom is 0.305 e. The summed E-state index contributed by atoms with van der Waals surface area (Å²) in [5, 5.41) is 11.7. The summed E-state index contributed by atoms with van der Waals surface area (Å²) in [6.07, 6.45) is -0.0165. The number of hydrogen-bond acceptors (Lipinski definition) is 4. The Bertz CT molecular complexity index is 283.